The van der Waals surface area contributed by atoms with E-state index in [2.05, 4.69) is 20.7 Å². The Kier molecular flexibility index (Phi) is 5.35. The molecule has 0 aliphatic carbocycles. The van der Waals surface area contributed by atoms with Crippen LogP contribution in [0, 0.1) is 0 Å². The molecule has 3 aromatic carbocycles. The van der Waals surface area contributed by atoms with Crippen LogP contribution in [0.1, 0.15) is 33.0 Å². The third-order valence-electron chi connectivity index (χ3n) is 5.41. The number of phenols is 2. The maximum absolute atomic E-state index is 12.0. The van der Waals surface area contributed by atoms with Gasteiger partial charge in [-0.3, -0.25) is 0 Å². The van der Waals surface area contributed by atoms with Crippen LogP contribution in [0.25, 0.3) is 0 Å². The van der Waals surface area contributed by atoms with Crippen molar-refractivity contribution in [3.8, 4) is 23.0 Å². The van der Waals surface area contributed by atoms with Crippen molar-refractivity contribution in [1.29, 1.82) is 0 Å². The summed E-state index contributed by atoms with van der Waals surface area (Å²) in [6, 6.07) is 14.3. The molecule has 0 fully saturated rings. The molecule has 1 atom stereocenters. The van der Waals surface area contributed by atoms with Crippen molar-refractivity contribution in [3.05, 3.63) is 87.0 Å². The highest BCUT2D eigenvalue weighted by atomic mass is 35.5. The Morgan fingerprint density at radius 3 is 2.53 bits per heavy atom. The number of hydrogen-bond donors (Lipinski definition) is 4. The zero-order chi connectivity index (χ0) is 24.0. The van der Waals surface area contributed by atoms with E-state index in [0.29, 0.717) is 16.7 Å². The van der Waals surface area contributed by atoms with E-state index < -0.39 is 11.9 Å². The molecule has 0 saturated heterocycles. The molecule has 4 aromatic rings. The standard InChI is InChI=1S/C23H14Cl2N4O5/c24-18-21(25)27-29-28-22(18)26-19-15(31)8-7-14-17(11-3-1-2-4-12(11)23(32)33)13-6-5-10(30)9-16(13)34-20(14)19/h1-9,17,30-31H,(H,32,33)(H,26,27,28). The van der Waals surface area contributed by atoms with Crippen LogP contribution in [0.3, 0.4) is 0 Å². The lowest BCUT2D eigenvalue weighted by molar-refractivity contribution is 0.0695. The van der Waals surface area contributed by atoms with Gasteiger partial charge in [0.05, 0.1) is 5.56 Å². The second-order valence-electron chi connectivity index (χ2n) is 7.40. The molecule has 0 saturated carbocycles. The molecule has 34 heavy (non-hydrogen) atoms. The van der Waals surface area contributed by atoms with E-state index in [0.717, 1.165) is 0 Å². The molecule has 4 N–H and O–H groups in total. The first-order valence-electron chi connectivity index (χ1n) is 9.85. The van der Waals surface area contributed by atoms with Crippen LogP contribution in [-0.4, -0.2) is 36.7 Å². The maximum Gasteiger partial charge on any atom is 0.335 e. The van der Waals surface area contributed by atoms with Gasteiger partial charge in [-0.1, -0.05) is 53.5 Å². The van der Waals surface area contributed by atoms with Gasteiger partial charge in [-0.15, -0.1) is 10.2 Å². The Hall–Kier alpha value is -4.08. The third kappa shape index (κ3) is 3.60. The van der Waals surface area contributed by atoms with E-state index in [9.17, 15) is 20.1 Å². The summed E-state index contributed by atoms with van der Waals surface area (Å²) in [5.74, 6) is -1.41. The number of aromatic carboxylic acids is 1. The molecule has 1 aliphatic heterocycles. The van der Waals surface area contributed by atoms with E-state index in [4.69, 9.17) is 27.9 Å². The summed E-state index contributed by atoms with van der Waals surface area (Å²) in [5.41, 5.74) is 1.92. The molecule has 0 spiro atoms. The lowest BCUT2D eigenvalue weighted by Crippen LogP contribution is -2.16. The first kappa shape index (κ1) is 21.7. The predicted octanol–water partition coefficient (Wildman–Crippen LogP) is 5.32. The van der Waals surface area contributed by atoms with Crippen LogP contribution in [0.5, 0.6) is 23.0 Å². The smallest absolute Gasteiger partial charge is 0.335 e. The lowest BCUT2D eigenvalue weighted by Gasteiger charge is -2.31. The fraction of sp³-hybridized carbons (Fsp3) is 0.0435. The van der Waals surface area contributed by atoms with Crippen molar-refractivity contribution in [1.82, 2.24) is 15.4 Å². The number of fused-ring (bicyclic) bond motifs is 2. The van der Waals surface area contributed by atoms with Crippen LogP contribution < -0.4 is 10.1 Å². The molecule has 0 amide bonds. The highest BCUT2D eigenvalue weighted by Crippen LogP contribution is 2.54. The summed E-state index contributed by atoms with van der Waals surface area (Å²) in [5, 5.41) is 44.2. The highest BCUT2D eigenvalue weighted by molar-refractivity contribution is 6.42. The van der Waals surface area contributed by atoms with Crippen molar-refractivity contribution in [2.45, 2.75) is 5.92 Å². The predicted molar refractivity (Wildman–Crippen MR) is 124 cm³/mol. The summed E-state index contributed by atoms with van der Waals surface area (Å²) in [6.07, 6.45) is 0. The van der Waals surface area contributed by atoms with Gasteiger partial charge < -0.3 is 25.4 Å². The highest BCUT2D eigenvalue weighted by Gasteiger charge is 2.34. The van der Waals surface area contributed by atoms with E-state index in [-0.39, 0.29) is 50.2 Å². The average molecular weight is 497 g/mol. The minimum atomic E-state index is -1.09. The SMILES string of the molecule is O=C(O)c1ccccc1C1c2ccc(O)cc2Oc2c1ccc(O)c2Nc1nnnc(Cl)c1Cl. The van der Waals surface area contributed by atoms with Gasteiger partial charge in [0.2, 0.25) is 0 Å². The Morgan fingerprint density at radius 1 is 0.971 bits per heavy atom. The molecule has 1 unspecified atom stereocenters. The summed E-state index contributed by atoms with van der Waals surface area (Å²) < 4.78 is 6.09. The minimum Gasteiger partial charge on any atom is -0.508 e. The Labute approximate surface area is 202 Å². The number of hydrogen-bond acceptors (Lipinski definition) is 8. The first-order chi connectivity index (χ1) is 16.3. The molecule has 1 aromatic heterocycles. The fourth-order valence-electron chi connectivity index (χ4n) is 3.94. The zero-order valence-electron chi connectivity index (χ0n) is 17.0. The Morgan fingerprint density at radius 2 is 1.74 bits per heavy atom. The number of carbonyl (C=O) groups is 1. The number of nitrogens with one attached hydrogen (secondary N) is 1. The van der Waals surface area contributed by atoms with Gasteiger partial charge in [-0.05, 0) is 29.0 Å². The van der Waals surface area contributed by atoms with Gasteiger partial charge in [0.15, 0.2) is 16.7 Å². The second kappa shape index (κ2) is 8.36. The average Bonchev–Trinajstić information content (AvgIpc) is 2.82. The first-order valence-corrected chi connectivity index (χ1v) is 10.6. The topological polar surface area (TPSA) is 138 Å². The molecule has 11 heteroatoms. The third-order valence-corrected chi connectivity index (χ3v) is 6.13. The number of carboxylic acids is 1. The second-order valence-corrected chi connectivity index (χ2v) is 8.13. The number of aromatic nitrogens is 3. The quantitative estimate of drug-likeness (QED) is 0.243. The van der Waals surface area contributed by atoms with Crippen LogP contribution in [-0.2, 0) is 0 Å². The number of phenolic OH excluding ortho intramolecular Hbond substituents is 2. The number of anilines is 2. The Bertz CT molecular complexity index is 1460. The minimum absolute atomic E-state index is 0.0182. The molecular formula is C23H14Cl2N4O5. The van der Waals surface area contributed by atoms with Gasteiger partial charge in [-0.2, -0.15) is 0 Å². The summed E-state index contributed by atoms with van der Waals surface area (Å²) >= 11 is 12.1. The molecule has 1 aliphatic rings. The number of halogens is 2. The van der Waals surface area contributed by atoms with Crippen molar-refractivity contribution >= 4 is 40.7 Å². The largest absolute Gasteiger partial charge is 0.508 e. The molecule has 170 valence electrons. The van der Waals surface area contributed by atoms with Gasteiger partial charge in [-0.25, -0.2) is 4.79 Å². The van der Waals surface area contributed by atoms with Crippen LogP contribution in [0.4, 0.5) is 11.5 Å². The Balaban J connectivity index is 1.75. The number of aromatic hydroxyl groups is 2. The van der Waals surface area contributed by atoms with Crippen LogP contribution in [0.15, 0.2) is 54.6 Å². The van der Waals surface area contributed by atoms with E-state index in [1.165, 1.54) is 24.3 Å². The zero-order valence-corrected chi connectivity index (χ0v) is 18.5. The van der Waals surface area contributed by atoms with Gasteiger partial charge >= 0.3 is 5.97 Å². The molecule has 0 bridgehead atoms. The van der Waals surface area contributed by atoms with Crippen LogP contribution >= 0.6 is 23.2 Å². The number of carboxylic acid groups (broad SMARTS) is 1. The molecule has 0 radical (unpaired) electrons. The molecule has 9 nitrogen and oxygen atoms in total. The van der Waals surface area contributed by atoms with E-state index in [1.807, 2.05) is 0 Å². The molecule has 5 rings (SSSR count). The number of nitrogens with zero attached hydrogens (tertiary/aromatic N) is 3. The summed E-state index contributed by atoms with van der Waals surface area (Å²) in [4.78, 5) is 12.0. The molecule has 2 heterocycles. The lowest BCUT2D eigenvalue weighted by atomic mass is 9.80. The van der Waals surface area contributed by atoms with E-state index >= 15 is 0 Å². The van der Waals surface area contributed by atoms with Gasteiger partial charge in [0.25, 0.3) is 0 Å². The number of ether oxygens (including phenoxy) is 1. The number of rotatable bonds is 4. The number of benzene rings is 3. The van der Waals surface area contributed by atoms with Gasteiger partial charge in [0.1, 0.15) is 28.0 Å². The molecular weight excluding hydrogens is 483 g/mol. The van der Waals surface area contributed by atoms with Crippen molar-refractivity contribution in [3.63, 3.8) is 0 Å². The monoisotopic (exact) mass is 496 g/mol. The van der Waals surface area contributed by atoms with Crippen molar-refractivity contribution < 1.29 is 24.9 Å². The van der Waals surface area contributed by atoms with Crippen LogP contribution in [0.2, 0.25) is 10.2 Å². The van der Waals surface area contributed by atoms with Crippen molar-refractivity contribution in [2.75, 3.05) is 5.32 Å². The summed E-state index contributed by atoms with van der Waals surface area (Å²) in [6.45, 7) is 0. The fourth-order valence-corrected chi connectivity index (χ4v) is 4.19. The normalized spacial score (nSPS) is 14.0. The van der Waals surface area contributed by atoms with Crippen molar-refractivity contribution in [2.24, 2.45) is 0 Å². The van der Waals surface area contributed by atoms with Gasteiger partial charge in [0, 0.05) is 23.1 Å². The van der Waals surface area contributed by atoms with E-state index in [1.54, 1.807) is 30.3 Å². The summed E-state index contributed by atoms with van der Waals surface area (Å²) in [7, 11) is 0. The maximum atomic E-state index is 12.0.